The molecule has 2 aromatic heterocycles. The Balaban J connectivity index is 1.84. The number of nitrogens with zero attached hydrogens (tertiary/aromatic N) is 3. The van der Waals surface area contributed by atoms with Crippen LogP contribution in [0.2, 0.25) is 0 Å². The lowest BCUT2D eigenvalue weighted by Gasteiger charge is -2.27. The van der Waals surface area contributed by atoms with Crippen molar-refractivity contribution in [3.63, 3.8) is 0 Å². The van der Waals surface area contributed by atoms with Gasteiger partial charge in [-0.2, -0.15) is 0 Å². The zero-order chi connectivity index (χ0) is 17.2. The predicted molar refractivity (Wildman–Crippen MR) is 95.9 cm³/mol. The minimum absolute atomic E-state index is 0.163. The van der Waals surface area contributed by atoms with Crippen LogP contribution in [0.4, 0.5) is 0 Å². The number of ether oxygens (including phenoxy) is 1. The first-order valence-electron chi connectivity index (χ1n) is 9.42. The Morgan fingerprint density at radius 3 is 2.60 bits per heavy atom. The summed E-state index contributed by atoms with van der Waals surface area (Å²) in [7, 11) is 0. The molecule has 25 heavy (non-hydrogen) atoms. The van der Waals surface area contributed by atoms with Crippen LogP contribution in [0.3, 0.4) is 0 Å². The molecule has 2 aliphatic rings. The summed E-state index contributed by atoms with van der Waals surface area (Å²) >= 11 is 0. The van der Waals surface area contributed by atoms with E-state index in [1.807, 2.05) is 4.57 Å². The van der Waals surface area contributed by atoms with Crippen LogP contribution in [-0.4, -0.2) is 27.3 Å². The second kappa shape index (κ2) is 7.12. The highest BCUT2D eigenvalue weighted by molar-refractivity contribution is 5.76. The Morgan fingerprint density at radius 1 is 1.08 bits per heavy atom. The van der Waals surface area contributed by atoms with Crippen LogP contribution >= 0.6 is 0 Å². The molecule has 0 spiro atoms. The van der Waals surface area contributed by atoms with Gasteiger partial charge in [-0.3, -0.25) is 18.9 Å². The first kappa shape index (κ1) is 16.5. The maximum Gasteiger partial charge on any atom is 0.331 e. The standard InChI is InChI=1S/C19H25N3O3/c23-18-16-6-9-20-12-17(16)22(15-4-2-1-3-5-15)19(24)21(18)13-14-7-10-25-11-8-14/h6,9,12,14-15H,1-5,7-8,10-11,13H2. The summed E-state index contributed by atoms with van der Waals surface area (Å²) in [6.07, 6.45) is 10.6. The Hall–Kier alpha value is -1.95. The van der Waals surface area contributed by atoms with Gasteiger partial charge in [0.2, 0.25) is 0 Å². The van der Waals surface area contributed by atoms with Crippen molar-refractivity contribution in [1.82, 2.24) is 14.1 Å². The SMILES string of the molecule is O=c1c2ccncc2n(C2CCCCC2)c(=O)n1CC1CCOCC1. The van der Waals surface area contributed by atoms with Crippen molar-refractivity contribution >= 4 is 10.9 Å². The molecule has 0 radical (unpaired) electrons. The fourth-order valence-corrected chi connectivity index (χ4v) is 4.26. The molecule has 6 nitrogen and oxygen atoms in total. The van der Waals surface area contributed by atoms with Crippen LogP contribution in [0.5, 0.6) is 0 Å². The molecule has 2 aromatic rings. The van der Waals surface area contributed by atoms with E-state index in [9.17, 15) is 9.59 Å². The van der Waals surface area contributed by atoms with Gasteiger partial charge in [-0.25, -0.2) is 4.79 Å². The third-order valence-corrected chi connectivity index (χ3v) is 5.69. The Morgan fingerprint density at radius 2 is 1.84 bits per heavy atom. The second-order valence-electron chi connectivity index (χ2n) is 7.31. The highest BCUT2D eigenvalue weighted by Crippen LogP contribution is 2.28. The molecular formula is C19H25N3O3. The van der Waals surface area contributed by atoms with E-state index < -0.39 is 0 Å². The molecule has 0 unspecified atom stereocenters. The third kappa shape index (κ3) is 3.15. The molecule has 4 rings (SSSR count). The van der Waals surface area contributed by atoms with E-state index in [0.29, 0.717) is 36.6 Å². The molecule has 0 bridgehead atoms. The van der Waals surface area contributed by atoms with Crippen molar-refractivity contribution in [2.45, 2.75) is 57.5 Å². The monoisotopic (exact) mass is 343 g/mol. The van der Waals surface area contributed by atoms with Crippen molar-refractivity contribution in [2.24, 2.45) is 5.92 Å². The molecule has 0 amide bonds. The van der Waals surface area contributed by atoms with Gasteiger partial charge in [-0.05, 0) is 37.7 Å². The fourth-order valence-electron chi connectivity index (χ4n) is 4.26. The maximum atomic E-state index is 13.2. The van der Waals surface area contributed by atoms with Gasteiger partial charge in [0.25, 0.3) is 5.56 Å². The normalized spacial score (nSPS) is 20.2. The lowest BCUT2D eigenvalue weighted by molar-refractivity contribution is 0.0604. The molecule has 1 saturated carbocycles. The van der Waals surface area contributed by atoms with Crippen LogP contribution in [0, 0.1) is 5.92 Å². The van der Waals surface area contributed by atoms with E-state index >= 15 is 0 Å². The zero-order valence-corrected chi connectivity index (χ0v) is 14.5. The number of hydrogen-bond acceptors (Lipinski definition) is 4. The van der Waals surface area contributed by atoms with Gasteiger partial charge < -0.3 is 4.74 Å². The van der Waals surface area contributed by atoms with Crippen LogP contribution in [-0.2, 0) is 11.3 Å². The Labute approximate surface area is 146 Å². The van der Waals surface area contributed by atoms with Gasteiger partial charge in [0, 0.05) is 32.0 Å². The van der Waals surface area contributed by atoms with Crippen LogP contribution in [0.15, 0.2) is 28.0 Å². The number of aromatic nitrogens is 3. The summed E-state index contributed by atoms with van der Waals surface area (Å²) < 4.78 is 8.72. The van der Waals surface area contributed by atoms with Crippen molar-refractivity contribution in [2.75, 3.05) is 13.2 Å². The third-order valence-electron chi connectivity index (χ3n) is 5.69. The minimum atomic E-state index is -0.180. The lowest BCUT2D eigenvalue weighted by atomic mass is 9.95. The largest absolute Gasteiger partial charge is 0.381 e. The van der Waals surface area contributed by atoms with Gasteiger partial charge in [0.15, 0.2) is 0 Å². The summed E-state index contributed by atoms with van der Waals surface area (Å²) in [5.74, 6) is 0.332. The van der Waals surface area contributed by atoms with Gasteiger partial charge in [-0.15, -0.1) is 0 Å². The average Bonchev–Trinajstić information content (AvgIpc) is 2.67. The van der Waals surface area contributed by atoms with E-state index in [0.717, 1.165) is 38.5 Å². The summed E-state index contributed by atoms with van der Waals surface area (Å²) in [5.41, 5.74) is 0.345. The lowest BCUT2D eigenvalue weighted by Crippen LogP contribution is -2.43. The van der Waals surface area contributed by atoms with E-state index in [4.69, 9.17) is 4.74 Å². The van der Waals surface area contributed by atoms with E-state index in [2.05, 4.69) is 4.98 Å². The molecule has 0 N–H and O–H groups in total. The van der Waals surface area contributed by atoms with Crippen LogP contribution in [0.25, 0.3) is 10.9 Å². The van der Waals surface area contributed by atoms with Crippen LogP contribution in [0.1, 0.15) is 51.0 Å². The molecule has 1 aliphatic heterocycles. The Bertz CT molecular complexity index is 858. The maximum absolute atomic E-state index is 13.2. The van der Waals surface area contributed by atoms with Gasteiger partial charge in [0.1, 0.15) is 0 Å². The van der Waals surface area contributed by atoms with Gasteiger partial charge in [0.05, 0.1) is 17.1 Å². The summed E-state index contributed by atoms with van der Waals surface area (Å²) in [6, 6.07) is 1.92. The molecule has 6 heteroatoms. The number of fused-ring (bicyclic) bond motifs is 1. The topological polar surface area (TPSA) is 66.1 Å². The second-order valence-corrected chi connectivity index (χ2v) is 7.31. The van der Waals surface area contributed by atoms with Gasteiger partial charge in [-0.1, -0.05) is 19.3 Å². The highest BCUT2D eigenvalue weighted by atomic mass is 16.5. The molecule has 3 heterocycles. The minimum Gasteiger partial charge on any atom is -0.381 e. The molecule has 1 saturated heterocycles. The summed E-state index contributed by atoms with van der Waals surface area (Å²) in [4.78, 5) is 30.4. The molecule has 0 aromatic carbocycles. The smallest absolute Gasteiger partial charge is 0.331 e. The van der Waals surface area contributed by atoms with E-state index in [1.54, 1.807) is 18.5 Å². The molecule has 2 fully saturated rings. The van der Waals surface area contributed by atoms with Crippen molar-refractivity contribution in [1.29, 1.82) is 0 Å². The average molecular weight is 343 g/mol. The molecule has 1 aliphatic carbocycles. The fraction of sp³-hybridized carbons (Fsp3) is 0.632. The summed E-state index contributed by atoms with van der Waals surface area (Å²) in [6.45, 7) is 1.92. The molecule has 0 atom stereocenters. The quantitative estimate of drug-likeness (QED) is 0.859. The summed E-state index contributed by atoms with van der Waals surface area (Å²) in [5, 5.41) is 0.604. The van der Waals surface area contributed by atoms with Crippen molar-refractivity contribution in [3.8, 4) is 0 Å². The first-order valence-corrected chi connectivity index (χ1v) is 9.42. The predicted octanol–water partition coefficient (Wildman–Crippen LogP) is 2.49. The number of rotatable bonds is 3. The van der Waals surface area contributed by atoms with Crippen molar-refractivity contribution in [3.05, 3.63) is 39.3 Å². The highest BCUT2D eigenvalue weighted by Gasteiger charge is 2.23. The van der Waals surface area contributed by atoms with E-state index in [1.165, 1.54) is 11.0 Å². The van der Waals surface area contributed by atoms with E-state index in [-0.39, 0.29) is 17.3 Å². The van der Waals surface area contributed by atoms with Gasteiger partial charge >= 0.3 is 5.69 Å². The number of hydrogen-bond donors (Lipinski definition) is 0. The first-order chi connectivity index (χ1) is 12.3. The zero-order valence-electron chi connectivity index (χ0n) is 14.5. The Kier molecular flexibility index (Phi) is 4.70. The van der Waals surface area contributed by atoms with Crippen molar-refractivity contribution < 1.29 is 4.74 Å². The number of pyridine rings is 1. The molecular weight excluding hydrogens is 318 g/mol. The molecule has 134 valence electrons. The van der Waals surface area contributed by atoms with Crippen LogP contribution < -0.4 is 11.2 Å².